The number of piperidine rings is 1. The highest BCUT2D eigenvalue weighted by Crippen LogP contribution is 2.31. The maximum atomic E-state index is 13.0. The standard InChI is InChI=1S/C20H28N4OS.2ClH/c1-13(2)19-22-17(12-26-19)11-23(3)10-15-4-5-18-16-6-14(7-21-8-16)9-24(18)20(15)25;;/h4-5,12-14,16,21H,6-11H2,1-3H3;2*1H/t14-,16+;;/m0../s1. The lowest BCUT2D eigenvalue weighted by atomic mass is 9.84. The Morgan fingerprint density at radius 3 is 2.79 bits per heavy atom. The van der Waals surface area contributed by atoms with E-state index >= 15 is 0 Å². The molecule has 0 unspecified atom stereocenters. The van der Waals surface area contributed by atoms with Gasteiger partial charge in [-0.3, -0.25) is 9.69 Å². The number of fused-ring (bicyclic) bond motifs is 4. The monoisotopic (exact) mass is 444 g/mol. The van der Waals surface area contributed by atoms with E-state index in [0.717, 1.165) is 37.4 Å². The Balaban J connectivity index is 0.00000140. The van der Waals surface area contributed by atoms with Crippen LogP contribution >= 0.6 is 36.2 Å². The normalized spacial score (nSPS) is 20.5. The maximum Gasteiger partial charge on any atom is 0.255 e. The molecule has 2 atom stereocenters. The number of thiazole rings is 1. The van der Waals surface area contributed by atoms with Gasteiger partial charge in [-0.25, -0.2) is 4.98 Å². The van der Waals surface area contributed by atoms with Crippen molar-refractivity contribution < 1.29 is 0 Å². The largest absolute Gasteiger partial charge is 0.316 e. The number of pyridine rings is 1. The third-order valence-electron chi connectivity index (χ3n) is 5.52. The fraction of sp³-hybridized carbons (Fsp3) is 0.600. The first-order chi connectivity index (χ1) is 12.5. The Morgan fingerprint density at radius 1 is 1.29 bits per heavy atom. The molecule has 2 aromatic rings. The first-order valence-corrected chi connectivity index (χ1v) is 10.5. The van der Waals surface area contributed by atoms with Crippen LogP contribution in [0.2, 0.25) is 0 Å². The summed E-state index contributed by atoms with van der Waals surface area (Å²) in [5.74, 6) is 1.56. The maximum absolute atomic E-state index is 13.0. The van der Waals surface area contributed by atoms with E-state index in [9.17, 15) is 4.79 Å². The highest BCUT2D eigenvalue weighted by atomic mass is 35.5. The minimum absolute atomic E-state index is 0. The van der Waals surface area contributed by atoms with Crippen molar-refractivity contribution in [2.24, 2.45) is 5.92 Å². The van der Waals surface area contributed by atoms with E-state index in [4.69, 9.17) is 4.98 Å². The van der Waals surface area contributed by atoms with Crippen LogP contribution in [0.25, 0.3) is 0 Å². The fourth-order valence-electron chi connectivity index (χ4n) is 4.24. The lowest BCUT2D eigenvalue weighted by Crippen LogP contribution is -2.45. The molecule has 2 aliphatic heterocycles. The molecule has 2 bridgehead atoms. The van der Waals surface area contributed by atoms with E-state index in [1.54, 1.807) is 11.3 Å². The van der Waals surface area contributed by atoms with E-state index in [2.05, 4.69) is 42.6 Å². The molecule has 4 rings (SSSR count). The predicted octanol–water partition coefficient (Wildman–Crippen LogP) is 3.61. The Bertz CT molecular complexity index is 851. The molecule has 2 aliphatic rings. The van der Waals surface area contributed by atoms with E-state index in [1.807, 2.05) is 10.6 Å². The van der Waals surface area contributed by atoms with Gasteiger partial charge in [0, 0.05) is 54.7 Å². The minimum Gasteiger partial charge on any atom is -0.316 e. The van der Waals surface area contributed by atoms with Gasteiger partial charge in [0.25, 0.3) is 5.56 Å². The van der Waals surface area contributed by atoms with Gasteiger partial charge in [0.05, 0.1) is 10.7 Å². The number of aromatic nitrogens is 2. The highest BCUT2D eigenvalue weighted by Gasteiger charge is 2.31. The molecule has 0 aromatic carbocycles. The van der Waals surface area contributed by atoms with E-state index < -0.39 is 0 Å². The zero-order valence-corrected chi connectivity index (χ0v) is 19.1. The van der Waals surface area contributed by atoms with Crippen molar-refractivity contribution in [3.05, 3.63) is 49.8 Å². The SMILES string of the molecule is CC(C)c1nc(CN(C)Cc2ccc3n(c2=O)C[C@@H]2CNC[C@H]3C2)cs1.Cl.Cl. The third-order valence-corrected chi connectivity index (χ3v) is 6.72. The minimum atomic E-state index is 0. The van der Waals surface area contributed by atoms with Gasteiger partial charge in [-0.2, -0.15) is 0 Å². The second-order valence-electron chi connectivity index (χ2n) is 8.16. The smallest absolute Gasteiger partial charge is 0.255 e. The summed E-state index contributed by atoms with van der Waals surface area (Å²) in [5.41, 5.74) is 3.40. The summed E-state index contributed by atoms with van der Waals surface area (Å²) >= 11 is 1.73. The van der Waals surface area contributed by atoms with E-state index in [1.165, 1.54) is 17.1 Å². The Hall–Kier alpha value is -0.920. The first kappa shape index (κ1) is 23.4. The van der Waals surface area contributed by atoms with Gasteiger partial charge in [0.15, 0.2) is 0 Å². The number of rotatable bonds is 5. The topological polar surface area (TPSA) is 50.2 Å². The van der Waals surface area contributed by atoms with Crippen molar-refractivity contribution in [1.82, 2.24) is 19.8 Å². The second-order valence-corrected chi connectivity index (χ2v) is 9.05. The molecule has 28 heavy (non-hydrogen) atoms. The number of nitrogens with one attached hydrogen (secondary N) is 1. The molecule has 156 valence electrons. The fourth-order valence-corrected chi connectivity index (χ4v) is 5.07. The Kier molecular flexibility index (Phi) is 8.11. The van der Waals surface area contributed by atoms with Crippen molar-refractivity contribution in [2.75, 3.05) is 20.1 Å². The predicted molar refractivity (Wildman–Crippen MR) is 120 cm³/mol. The quantitative estimate of drug-likeness (QED) is 0.764. The number of hydrogen-bond acceptors (Lipinski definition) is 5. The summed E-state index contributed by atoms with van der Waals surface area (Å²) in [5, 5.41) is 6.82. The molecular weight excluding hydrogens is 415 g/mol. The Labute approximate surface area is 183 Å². The molecule has 2 aromatic heterocycles. The van der Waals surface area contributed by atoms with Crippen LogP contribution in [0.1, 0.15) is 54.1 Å². The van der Waals surface area contributed by atoms with Crippen LogP contribution in [0.4, 0.5) is 0 Å². The number of halogens is 2. The van der Waals surface area contributed by atoms with Crippen LogP contribution in [-0.4, -0.2) is 34.6 Å². The van der Waals surface area contributed by atoms with Crippen molar-refractivity contribution in [1.29, 1.82) is 0 Å². The molecule has 0 saturated carbocycles. The lowest BCUT2D eigenvalue weighted by Gasteiger charge is -2.37. The molecular formula is C20H30Cl2N4OS. The molecule has 0 radical (unpaired) electrons. The zero-order chi connectivity index (χ0) is 18.3. The van der Waals surface area contributed by atoms with Crippen molar-refractivity contribution in [3.8, 4) is 0 Å². The summed E-state index contributed by atoms with van der Waals surface area (Å²) < 4.78 is 2.04. The molecule has 1 N–H and O–H groups in total. The van der Waals surface area contributed by atoms with Crippen LogP contribution in [0.5, 0.6) is 0 Å². The summed E-state index contributed by atoms with van der Waals surface area (Å²) in [6, 6.07) is 4.22. The van der Waals surface area contributed by atoms with Crippen LogP contribution < -0.4 is 10.9 Å². The van der Waals surface area contributed by atoms with Gasteiger partial charge in [-0.15, -0.1) is 36.2 Å². The summed E-state index contributed by atoms with van der Waals surface area (Å²) in [6.45, 7) is 8.68. The molecule has 1 saturated heterocycles. The molecule has 4 heterocycles. The number of hydrogen-bond donors (Lipinski definition) is 1. The summed E-state index contributed by atoms with van der Waals surface area (Å²) in [6.07, 6.45) is 1.22. The van der Waals surface area contributed by atoms with Crippen molar-refractivity contribution in [3.63, 3.8) is 0 Å². The number of nitrogens with zero attached hydrogens (tertiary/aromatic N) is 3. The lowest BCUT2D eigenvalue weighted by molar-refractivity contribution is 0.254. The zero-order valence-electron chi connectivity index (χ0n) is 16.7. The van der Waals surface area contributed by atoms with Gasteiger partial charge in [-0.1, -0.05) is 19.9 Å². The average molecular weight is 445 g/mol. The molecule has 0 amide bonds. The van der Waals surface area contributed by atoms with E-state index in [0.29, 0.717) is 24.3 Å². The summed E-state index contributed by atoms with van der Waals surface area (Å²) in [4.78, 5) is 19.9. The average Bonchev–Trinajstić information content (AvgIpc) is 3.07. The van der Waals surface area contributed by atoms with E-state index in [-0.39, 0.29) is 30.4 Å². The molecule has 0 aliphatic carbocycles. The van der Waals surface area contributed by atoms with Gasteiger partial charge >= 0.3 is 0 Å². The first-order valence-electron chi connectivity index (χ1n) is 9.57. The second kappa shape index (κ2) is 9.72. The van der Waals surface area contributed by atoms with Crippen LogP contribution in [0.15, 0.2) is 22.3 Å². The van der Waals surface area contributed by atoms with Gasteiger partial charge in [-0.05, 0) is 32.0 Å². The third kappa shape index (κ3) is 4.79. The molecule has 0 spiro atoms. The molecule has 8 heteroatoms. The van der Waals surface area contributed by atoms with Crippen LogP contribution in [0.3, 0.4) is 0 Å². The van der Waals surface area contributed by atoms with Gasteiger partial charge in [0.1, 0.15) is 0 Å². The van der Waals surface area contributed by atoms with Crippen LogP contribution in [-0.2, 0) is 19.6 Å². The van der Waals surface area contributed by atoms with Crippen LogP contribution in [0, 0.1) is 5.92 Å². The Morgan fingerprint density at radius 2 is 2.07 bits per heavy atom. The summed E-state index contributed by atoms with van der Waals surface area (Å²) in [7, 11) is 2.07. The van der Waals surface area contributed by atoms with Crippen molar-refractivity contribution in [2.45, 2.75) is 51.7 Å². The van der Waals surface area contributed by atoms with Crippen molar-refractivity contribution >= 4 is 36.2 Å². The molecule has 1 fully saturated rings. The molecule has 5 nitrogen and oxygen atoms in total. The van der Waals surface area contributed by atoms with Gasteiger partial charge < -0.3 is 9.88 Å². The highest BCUT2D eigenvalue weighted by molar-refractivity contribution is 7.09. The van der Waals surface area contributed by atoms with Gasteiger partial charge in [0.2, 0.25) is 0 Å².